The van der Waals surface area contributed by atoms with Crippen molar-refractivity contribution in [3.63, 3.8) is 0 Å². The lowest BCUT2D eigenvalue weighted by atomic mass is 10.1. The Bertz CT molecular complexity index is 755. The fraction of sp³-hybridized carbons (Fsp3) is 0.375. The third-order valence-electron chi connectivity index (χ3n) is 3.54. The van der Waals surface area contributed by atoms with E-state index in [-0.39, 0.29) is 12.2 Å². The highest BCUT2D eigenvalue weighted by molar-refractivity contribution is 6.00. The lowest BCUT2D eigenvalue weighted by Crippen LogP contribution is -2.31. The van der Waals surface area contributed by atoms with E-state index >= 15 is 0 Å². The van der Waals surface area contributed by atoms with E-state index in [2.05, 4.69) is 5.32 Å². The summed E-state index contributed by atoms with van der Waals surface area (Å²) in [7, 11) is 1.58. The molecule has 0 aliphatic carbocycles. The number of nitrogens with zero attached hydrogens (tertiary/aromatic N) is 1. The molecule has 1 aromatic carbocycles. The maximum Gasteiger partial charge on any atom is 0.256 e. The second-order valence-corrected chi connectivity index (χ2v) is 5.13. The van der Waals surface area contributed by atoms with Crippen molar-refractivity contribution in [1.82, 2.24) is 9.88 Å². The fourth-order valence-electron chi connectivity index (χ4n) is 2.38. The van der Waals surface area contributed by atoms with E-state index in [1.165, 1.54) is 6.20 Å². The summed E-state index contributed by atoms with van der Waals surface area (Å²) in [6.07, 6.45) is 1.96. The highest BCUT2D eigenvalue weighted by Crippen LogP contribution is 2.18. The number of amides is 1. The van der Waals surface area contributed by atoms with E-state index in [9.17, 15) is 9.59 Å². The highest BCUT2D eigenvalue weighted by atomic mass is 16.5. The zero-order valence-corrected chi connectivity index (χ0v) is 13.0. The minimum absolute atomic E-state index is 0.0248. The standard InChI is InChI=1S/C16H21N3O4/c1-23-9-7-19-10-11(16(22)18-6-3-8-20)15(21)14-12(17)4-2-5-13(14)19/h2,4-5,10,20H,3,6-9,17H2,1H3,(H,18,22). The number of nitrogens with two attached hydrogens (primary N) is 1. The number of aliphatic hydroxyl groups is 1. The summed E-state index contributed by atoms with van der Waals surface area (Å²) in [6.45, 7) is 1.21. The molecule has 0 fully saturated rings. The van der Waals surface area contributed by atoms with Crippen LogP contribution in [-0.4, -0.2) is 42.4 Å². The monoisotopic (exact) mass is 319 g/mol. The second-order valence-electron chi connectivity index (χ2n) is 5.13. The SMILES string of the molecule is COCCn1cc(C(=O)NCCCO)c(=O)c2c(N)cccc21. The lowest BCUT2D eigenvalue weighted by Gasteiger charge is -2.14. The number of carbonyl (C=O) groups is 1. The number of ether oxygens (including phenoxy) is 1. The molecular formula is C16H21N3O4. The van der Waals surface area contributed by atoms with Gasteiger partial charge in [-0.25, -0.2) is 0 Å². The molecule has 0 bridgehead atoms. The molecule has 7 nitrogen and oxygen atoms in total. The van der Waals surface area contributed by atoms with Gasteiger partial charge in [0.1, 0.15) is 5.56 Å². The molecule has 0 saturated carbocycles. The number of hydrogen-bond donors (Lipinski definition) is 3. The van der Waals surface area contributed by atoms with Crippen LogP contribution in [0.1, 0.15) is 16.8 Å². The second kappa shape index (κ2) is 7.75. The first-order valence-electron chi connectivity index (χ1n) is 7.39. The van der Waals surface area contributed by atoms with Crippen LogP contribution in [0.4, 0.5) is 5.69 Å². The van der Waals surface area contributed by atoms with Crippen LogP contribution in [0.15, 0.2) is 29.2 Å². The smallest absolute Gasteiger partial charge is 0.256 e. The van der Waals surface area contributed by atoms with E-state index in [4.69, 9.17) is 15.6 Å². The molecule has 0 spiro atoms. The van der Waals surface area contributed by atoms with Gasteiger partial charge in [0.2, 0.25) is 5.43 Å². The molecule has 0 atom stereocenters. The van der Waals surface area contributed by atoms with Crippen molar-refractivity contribution >= 4 is 22.5 Å². The Morgan fingerprint density at radius 3 is 2.91 bits per heavy atom. The molecule has 7 heteroatoms. The number of carbonyl (C=O) groups excluding carboxylic acids is 1. The summed E-state index contributed by atoms with van der Waals surface area (Å²) in [5.74, 6) is -0.472. The van der Waals surface area contributed by atoms with Crippen molar-refractivity contribution in [1.29, 1.82) is 0 Å². The van der Waals surface area contributed by atoms with Gasteiger partial charge in [0.15, 0.2) is 0 Å². The Kier molecular flexibility index (Phi) is 5.72. The third kappa shape index (κ3) is 3.69. The summed E-state index contributed by atoms with van der Waals surface area (Å²) in [4.78, 5) is 24.9. The molecule has 0 aliphatic rings. The minimum Gasteiger partial charge on any atom is -0.398 e. The number of rotatable bonds is 7. The van der Waals surface area contributed by atoms with Gasteiger partial charge in [0.25, 0.3) is 5.91 Å². The highest BCUT2D eigenvalue weighted by Gasteiger charge is 2.16. The van der Waals surface area contributed by atoms with Gasteiger partial charge in [-0.1, -0.05) is 6.07 Å². The Hall–Kier alpha value is -2.38. The summed E-state index contributed by atoms with van der Waals surface area (Å²) >= 11 is 0. The van der Waals surface area contributed by atoms with E-state index in [1.54, 1.807) is 29.9 Å². The van der Waals surface area contributed by atoms with E-state index in [1.807, 2.05) is 0 Å². The van der Waals surface area contributed by atoms with Crippen LogP contribution in [0.5, 0.6) is 0 Å². The zero-order valence-electron chi connectivity index (χ0n) is 13.0. The molecule has 23 heavy (non-hydrogen) atoms. The number of fused-ring (bicyclic) bond motifs is 1. The van der Waals surface area contributed by atoms with E-state index in [0.29, 0.717) is 42.7 Å². The van der Waals surface area contributed by atoms with Crippen molar-refractivity contribution in [3.05, 3.63) is 40.2 Å². The van der Waals surface area contributed by atoms with Crippen LogP contribution < -0.4 is 16.5 Å². The van der Waals surface area contributed by atoms with Gasteiger partial charge in [0, 0.05) is 38.7 Å². The summed E-state index contributed by atoms with van der Waals surface area (Å²) in [5, 5.41) is 11.7. The van der Waals surface area contributed by atoms with Gasteiger partial charge < -0.3 is 25.5 Å². The van der Waals surface area contributed by atoms with Crippen molar-refractivity contribution in [3.8, 4) is 0 Å². The first-order chi connectivity index (χ1) is 11.1. The molecule has 0 saturated heterocycles. The van der Waals surface area contributed by atoms with E-state index in [0.717, 1.165) is 0 Å². The van der Waals surface area contributed by atoms with E-state index < -0.39 is 11.3 Å². The Balaban J connectivity index is 2.52. The van der Waals surface area contributed by atoms with Crippen LogP contribution in [0.25, 0.3) is 10.9 Å². The number of pyridine rings is 1. The normalized spacial score (nSPS) is 10.9. The molecular weight excluding hydrogens is 298 g/mol. The van der Waals surface area contributed by atoms with Crippen LogP contribution in [0.2, 0.25) is 0 Å². The minimum atomic E-state index is -0.472. The summed E-state index contributed by atoms with van der Waals surface area (Å²) in [6, 6.07) is 5.19. The largest absolute Gasteiger partial charge is 0.398 e. The molecule has 4 N–H and O–H groups in total. The number of aromatic nitrogens is 1. The first-order valence-corrected chi connectivity index (χ1v) is 7.39. The molecule has 124 valence electrons. The molecule has 1 aromatic heterocycles. The van der Waals surface area contributed by atoms with Crippen molar-refractivity contribution in [2.45, 2.75) is 13.0 Å². The third-order valence-corrected chi connectivity index (χ3v) is 3.54. The maximum atomic E-state index is 12.6. The summed E-state index contributed by atoms with van der Waals surface area (Å²) in [5.41, 5.74) is 6.58. The molecule has 0 aliphatic heterocycles. The number of aliphatic hydroxyl groups excluding tert-OH is 1. The Morgan fingerprint density at radius 1 is 1.43 bits per heavy atom. The Morgan fingerprint density at radius 2 is 2.22 bits per heavy atom. The van der Waals surface area contributed by atoms with Gasteiger partial charge in [0.05, 0.1) is 17.5 Å². The fourth-order valence-corrected chi connectivity index (χ4v) is 2.38. The van der Waals surface area contributed by atoms with Gasteiger partial charge in [-0.2, -0.15) is 0 Å². The predicted octanol–water partition coefficient (Wildman–Crippen LogP) is 0.342. The molecule has 2 aromatic rings. The number of methoxy groups -OCH3 is 1. The topological polar surface area (TPSA) is 107 Å². The lowest BCUT2D eigenvalue weighted by molar-refractivity contribution is 0.0949. The van der Waals surface area contributed by atoms with Crippen molar-refractivity contribution in [2.75, 3.05) is 32.6 Å². The van der Waals surface area contributed by atoms with Crippen LogP contribution in [-0.2, 0) is 11.3 Å². The van der Waals surface area contributed by atoms with Crippen LogP contribution in [0, 0.1) is 0 Å². The average molecular weight is 319 g/mol. The van der Waals surface area contributed by atoms with Crippen LogP contribution >= 0.6 is 0 Å². The van der Waals surface area contributed by atoms with Gasteiger partial charge in [-0.15, -0.1) is 0 Å². The van der Waals surface area contributed by atoms with Crippen molar-refractivity contribution in [2.24, 2.45) is 0 Å². The average Bonchev–Trinajstić information content (AvgIpc) is 2.54. The number of nitrogen functional groups attached to an aromatic ring is 1. The number of hydrogen-bond acceptors (Lipinski definition) is 5. The maximum absolute atomic E-state index is 12.6. The van der Waals surface area contributed by atoms with Gasteiger partial charge in [-0.3, -0.25) is 9.59 Å². The number of nitrogens with one attached hydrogen (secondary N) is 1. The Labute approximate surface area is 133 Å². The molecule has 1 amide bonds. The van der Waals surface area contributed by atoms with Gasteiger partial charge in [-0.05, 0) is 18.6 Å². The molecule has 0 unspecified atom stereocenters. The van der Waals surface area contributed by atoms with Gasteiger partial charge >= 0.3 is 0 Å². The molecule has 0 radical (unpaired) electrons. The quantitative estimate of drug-likeness (QED) is 0.504. The predicted molar refractivity (Wildman–Crippen MR) is 88.5 cm³/mol. The number of anilines is 1. The molecule has 1 heterocycles. The van der Waals surface area contributed by atoms with Crippen molar-refractivity contribution < 1.29 is 14.6 Å². The summed E-state index contributed by atoms with van der Waals surface area (Å²) < 4.78 is 6.87. The van der Waals surface area contributed by atoms with Crippen LogP contribution in [0.3, 0.4) is 0 Å². The number of benzene rings is 1. The first kappa shape index (κ1) is 17.0. The molecule has 2 rings (SSSR count). The zero-order chi connectivity index (χ0) is 16.8.